The average molecular weight is 196 g/mol. The highest BCUT2D eigenvalue weighted by Crippen LogP contribution is 2.18. The maximum Gasteiger partial charge on any atom is 0.213 e. The van der Waals surface area contributed by atoms with E-state index in [1.54, 1.807) is 20.0 Å². The third-order valence-electron chi connectivity index (χ3n) is 2.02. The average Bonchev–Trinajstić information content (AvgIpc) is 2.15. The number of rotatable bonds is 3. The number of pyridine rings is 1. The topological polar surface area (TPSA) is 25.4 Å². The molecule has 0 saturated heterocycles. The van der Waals surface area contributed by atoms with Crippen LogP contribution in [0.2, 0.25) is 0 Å². The molecule has 76 valence electrons. The number of halogens is 1. The number of hydrogen-bond donors (Lipinski definition) is 0. The molecule has 1 aromatic rings. The van der Waals surface area contributed by atoms with Crippen LogP contribution in [-0.4, -0.2) is 24.2 Å². The molecule has 0 aliphatic rings. The minimum absolute atomic E-state index is 0.487. The van der Waals surface area contributed by atoms with Gasteiger partial charge >= 0.3 is 0 Å². The molecule has 1 rings (SSSR count). The predicted octanol–water partition coefficient (Wildman–Crippen LogP) is 1.99. The van der Waals surface area contributed by atoms with Crippen LogP contribution in [0.5, 0.6) is 0 Å². The van der Waals surface area contributed by atoms with Gasteiger partial charge in [-0.3, -0.25) is 9.90 Å². The highest BCUT2D eigenvalue weighted by molar-refractivity contribution is 5.62. The van der Waals surface area contributed by atoms with Crippen LogP contribution in [0.15, 0.2) is 18.7 Å². The second kappa shape index (κ2) is 4.19. The van der Waals surface area contributed by atoms with Crippen LogP contribution in [0.3, 0.4) is 0 Å². The van der Waals surface area contributed by atoms with Gasteiger partial charge in [-0.1, -0.05) is 6.58 Å². The molecular weight excluding hydrogens is 183 g/mol. The minimum atomic E-state index is -0.487. The SMILES string of the molecule is C=C(c1ccc(F)nc1C)N(C)OC. The minimum Gasteiger partial charge on any atom is -0.277 e. The standard InChI is InChI=1S/C10H13FN2O/c1-7-9(5-6-10(11)12-7)8(2)13(3)14-4/h5-6H,2H2,1,3-4H3. The summed E-state index contributed by atoms with van der Waals surface area (Å²) in [4.78, 5) is 8.67. The van der Waals surface area contributed by atoms with Crippen molar-refractivity contribution in [3.63, 3.8) is 0 Å². The summed E-state index contributed by atoms with van der Waals surface area (Å²) < 4.78 is 12.7. The van der Waals surface area contributed by atoms with Crippen LogP contribution >= 0.6 is 0 Å². The van der Waals surface area contributed by atoms with E-state index in [0.29, 0.717) is 11.4 Å². The Morgan fingerprint density at radius 1 is 1.57 bits per heavy atom. The first-order valence-corrected chi connectivity index (χ1v) is 4.16. The maximum absolute atomic E-state index is 12.7. The predicted molar refractivity (Wildman–Crippen MR) is 52.7 cm³/mol. The largest absolute Gasteiger partial charge is 0.277 e. The van der Waals surface area contributed by atoms with E-state index in [1.165, 1.54) is 18.2 Å². The van der Waals surface area contributed by atoms with E-state index >= 15 is 0 Å². The molecule has 0 spiro atoms. The van der Waals surface area contributed by atoms with Gasteiger partial charge in [0.2, 0.25) is 5.95 Å². The Hall–Kier alpha value is -1.42. The van der Waals surface area contributed by atoms with Gasteiger partial charge in [0, 0.05) is 18.3 Å². The summed E-state index contributed by atoms with van der Waals surface area (Å²) in [5.74, 6) is -0.487. The fraction of sp³-hybridized carbons (Fsp3) is 0.300. The molecule has 0 bridgehead atoms. The van der Waals surface area contributed by atoms with Crippen molar-refractivity contribution in [3.8, 4) is 0 Å². The van der Waals surface area contributed by atoms with Crippen LogP contribution in [0.25, 0.3) is 5.70 Å². The van der Waals surface area contributed by atoms with Crippen molar-refractivity contribution in [2.45, 2.75) is 6.92 Å². The number of hydrogen-bond acceptors (Lipinski definition) is 3. The lowest BCUT2D eigenvalue weighted by Crippen LogP contribution is -2.15. The molecule has 1 aromatic heterocycles. The summed E-state index contributed by atoms with van der Waals surface area (Å²) in [6, 6.07) is 2.94. The van der Waals surface area contributed by atoms with Gasteiger partial charge in [0.25, 0.3) is 0 Å². The van der Waals surface area contributed by atoms with E-state index < -0.39 is 5.95 Å². The fourth-order valence-electron chi connectivity index (χ4n) is 1.12. The quantitative estimate of drug-likeness (QED) is 0.546. The van der Waals surface area contributed by atoms with Crippen LogP contribution in [0, 0.1) is 12.9 Å². The Balaban J connectivity index is 3.02. The third kappa shape index (κ3) is 2.09. The first kappa shape index (κ1) is 10.7. The summed E-state index contributed by atoms with van der Waals surface area (Å²) >= 11 is 0. The molecule has 3 nitrogen and oxygen atoms in total. The highest BCUT2D eigenvalue weighted by atomic mass is 19.1. The molecule has 4 heteroatoms. The number of aryl methyl sites for hydroxylation is 1. The van der Waals surface area contributed by atoms with Gasteiger partial charge in [0.1, 0.15) is 0 Å². The van der Waals surface area contributed by atoms with E-state index in [-0.39, 0.29) is 0 Å². The van der Waals surface area contributed by atoms with Gasteiger partial charge in [-0.05, 0) is 19.1 Å². The van der Waals surface area contributed by atoms with Crippen molar-refractivity contribution < 1.29 is 9.23 Å². The molecular formula is C10H13FN2O. The van der Waals surface area contributed by atoms with E-state index in [1.807, 2.05) is 0 Å². The van der Waals surface area contributed by atoms with Crippen molar-refractivity contribution in [3.05, 3.63) is 35.9 Å². The van der Waals surface area contributed by atoms with E-state index in [4.69, 9.17) is 4.84 Å². The van der Waals surface area contributed by atoms with Gasteiger partial charge < -0.3 is 0 Å². The van der Waals surface area contributed by atoms with Crippen LogP contribution < -0.4 is 0 Å². The van der Waals surface area contributed by atoms with Gasteiger partial charge in [0.15, 0.2) is 0 Å². The van der Waals surface area contributed by atoms with Crippen LogP contribution in [-0.2, 0) is 4.84 Å². The van der Waals surface area contributed by atoms with Crippen molar-refractivity contribution in [1.29, 1.82) is 0 Å². The van der Waals surface area contributed by atoms with E-state index in [0.717, 1.165) is 5.56 Å². The molecule has 0 saturated carbocycles. The summed E-state index contributed by atoms with van der Waals surface area (Å²) in [5, 5.41) is 1.50. The number of hydroxylamine groups is 2. The summed E-state index contributed by atoms with van der Waals surface area (Å²) in [5.41, 5.74) is 2.02. The smallest absolute Gasteiger partial charge is 0.213 e. The molecule has 0 amide bonds. The Labute approximate surface area is 82.8 Å². The molecule has 0 unspecified atom stereocenters. The zero-order chi connectivity index (χ0) is 10.7. The molecule has 14 heavy (non-hydrogen) atoms. The third-order valence-corrected chi connectivity index (χ3v) is 2.02. The summed E-state index contributed by atoms with van der Waals surface area (Å²) in [6.07, 6.45) is 0. The summed E-state index contributed by atoms with van der Waals surface area (Å²) in [7, 11) is 3.27. The molecule has 0 aromatic carbocycles. The first-order chi connectivity index (χ1) is 6.56. The number of aromatic nitrogens is 1. The zero-order valence-electron chi connectivity index (χ0n) is 8.54. The molecule has 0 N–H and O–H groups in total. The second-order valence-corrected chi connectivity index (χ2v) is 2.89. The lowest BCUT2D eigenvalue weighted by molar-refractivity contribution is -0.0525. The Morgan fingerprint density at radius 3 is 2.71 bits per heavy atom. The van der Waals surface area contributed by atoms with Gasteiger partial charge in [-0.2, -0.15) is 4.39 Å². The highest BCUT2D eigenvalue weighted by Gasteiger charge is 2.08. The first-order valence-electron chi connectivity index (χ1n) is 4.16. The van der Waals surface area contributed by atoms with E-state index in [2.05, 4.69) is 11.6 Å². The molecule has 1 heterocycles. The molecule has 0 atom stereocenters. The Kier molecular flexibility index (Phi) is 3.19. The van der Waals surface area contributed by atoms with Gasteiger partial charge in [-0.25, -0.2) is 4.98 Å². The van der Waals surface area contributed by atoms with Crippen molar-refractivity contribution in [2.75, 3.05) is 14.2 Å². The lowest BCUT2D eigenvalue weighted by Gasteiger charge is -2.19. The van der Waals surface area contributed by atoms with E-state index in [9.17, 15) is 4.39 Å². The number of nitrogens with zero attached hydrogens (tertiary/aromatic N) is 2. The van der Waals surface area contributed by atoms with Gasteiger partial charge in [-0.15, -0.1) is 0 Å². The van der Waals surface area contributed by atoms with Crippen LogP contribution in [0.4, 0.5) is 4.39 Å². The Bertz CT molecular complexity index is 352. The Morgan fingerprint density at radius 2 is 2.21 bits per heavy atom. The molecule has 0 radical (unpaired) electrons. The molecule has 0 fully saturated rings. The molecule has 0 aliphatic heterocycles. The zero-order valence-corrected chi connectivity index (χ0v) is 8.54. The van der Waals surface area contributed by atoms with Crippen molar-refractivity contribution in [1.82, 2.24) is 10.0 Å². The normalized spacial score (nSPS) is 10.0. The second-order valence-electron chi connectivity index (χ2n) is 2.89. The monoisotopic (exact) mass is 196 g/mol. The molecule has 0 aliphatic carbocycles. The maximum atomic E-state index is 12.7. The van der Waals surface area contributed by atoms with Crippen molar-refractivity contribution >= 4 is 5.70 Å². The van der Waals surface area contributed by atoms with Crippen LogP contribution in [0.1, 0.15) is 11.3 Å². The van der Waals surface area contributed by atoms with Crippen molar-refractivity contribution in [2.24, 2.45) is 0 Å². The summed E-state index contributed by atoms with van der Waals surface area (Å²) in [6.45, 7) is 5.55. The van der Waals surface area contributed by atoms with Gasteiger partial charge in [0.05, 0.1) is 12.8 Å². The fourth-order valence-corrected chi connectivity index (χ4v) is 1.12. The lowest BCUT2D eigenvalue weighted by atomic mass is 10.1.